The fraction of sp³-hybridized carbons (Fsp3) is 0.611. The molecule has 2 fully saturated rings. The van der Waals surface area contributed by atoms with Crippen LogP contribution in [0.4, 0.5) is 4.39 Å². The van der Waals surface area contributed by atoms with E-state index < -0.39 is 0 Å². The fourth-order valence-electron chi connectivity index (χ4n) is 4.18. The molecular weight excluding hydrogens is 331 g/mol. The maximum Gasteiger partial charge on any atom is 0.140 e. The molecule has 2 saturated carbocycles. The van der Waals surface area contributed by atoms with Gasteiger partial charge in [-0.15, -0.1) is 0 Å². The Morgan fingerprint density at radius 2 is 1.90 bits per heavy atom. The van der Waals surface area contributed by atoms with Crippen LogP contribution in [0.5, 0.6) is 0 Å². The zero-order valence-electron chi connectivity index (χ0n) is 12.3. The minimum absolute atomic E-state index is 0.155. The lowest BCUT2D eigenvalue weighted by Gasteiger charge is -2.38. The third-order valence-electron chi connectivity index (χ3n) is 5.37. The molecule has 1 aromatic rings. The summed E-state index contributed by atoms with van der Waals surface area (Å²) in [5, 5.41) is 0. The Bertz CT molecular complexity index is 528. The topological polar surface area (TPSA) is 17.1 Å². The van der Waals surface area contributed by atoms with Crippen LogP contribution in [-0.2, 0) is 11.2 Å². The molecule has 3 atom stereocenters. The number of halogens is 2. The van der Waals surface area contributed by atoms with E-state index in [4.69, 9.17) is 0 Å². The number of rotatable bonds is 3. The summed E-state index contributed by atoms with van der Waals surface area (Å²) in [5.74, 6) is 1.72. The van der Waals surface area contributed by atoms with Crippen molar-refractivity contribution in [3.63, 3.8) is 0 Å². The summed E-state index contributed by atoms with van der Waals surface area (Å²) < 4.78 is 14.6. The molecule has 2 aliphatic rings. The van der Waals surface area contributed by atoms with E-state index in [2.05, 4.69) is 15.9 Å². The van der Waals surface area contributed by atoms with Crippen molar-refractivity contribution < 1.29 is 9.18 Å². The van der Waals surface area contributed by atoms with Crippen molar-refractivity contribution in [3.8, 4) is 0 Å². The molecule has 0 aromatic heterocycles. The van der Waals surface area contributed by atoms with Gasteiger partial charge in [-0.25, -0.2) is 4.39 Å². The van der Waals surface area contributed by atoms with Gasteiger partial charge in [-0.05, 0) is 54.9 Å². The molecule has 0 heterocycles. The molecule has 1 aromatic carbocycles. The average Bonchev–Trinajstić information content (AvgIpc) is 2.50. The van der Waals surface area contributed by atoms with Crippen LogP contribution < -0.4 is 0 Å². The zero-order chi connectivity index (χ0) is 14.8. The summed E-state index contributed by atoms with van der Waals surface area (Å²) in [7, 11) is 0. The van der Waals surface area contributed by atoms with Crippen LogP contribution in [0, 0.1) is 23.6 Å². The average molecular weight is 353 g/mol. The second-order valence-electron chi connectivity index (χ2n) is 6.69. The molecule has 0 aliphatic heterocycles. The van der Waals surface area contributed by atoms with E-state index >= 15 is 0 Å². The second-order valence-corrected chi connectivity index (χ2v) is 7.61. The Morgan fingerprint density at radius 3 is 2.71 bits per heavy atom. The molecule has 3 rings (SSSR count). The van der Waals surface area contributed by atoms with Gasteiger partial charge < -0.3 is 0 Å². The maximum absolute atomic E-state index is 13.8. The highest BCUT2D eigenvalue weighted by molar-refractivity contribution is 9.10. The van der Waals surface area contributed by atoms with Gasteiger partial charge in [0, 0.05) is 16.8 Å². The summed E-state index contributed by atoms with van der Waals surface area (Å²) in [6.07, 6.45) is 8.82. The molecule has 2 aliphatic carbocycles. The van der Waals surface area contributed by atoms with Gasteiger partial charge in [-0.2, -0.15) is 0 Å². The Labute approximate surface area is 134 Å². The Hall–Kier alpha value is -0.700. The van der Waals surface area contributed by atoms with Crippen molar-refractivity contribution >= 4 is 21.7 Å². The first-order valence-electron chi connectivity index (χ1n) is 8.10. The third-order valence-corrected chi connectivity index (χ3v) is 5.86. The summed E-state index contributed by atoms with van der Waals surface area (Å²) in [6.45, 7) is 0. The molecular formula is C18H22BrFO. The molecule has 0 amide bonds. The van der Waals surface area contributed by atoms with Crippen molar-refractivity contribution in [3.05, 3.63) is 34.1 Å². The van der Waals surface area contributed by atoms with E-state index in [0.29, 0.717) is 5.56 Å². The monoisotopic (exact) mass is 352 g/mol. The summed E-state index contributed by atoms with van der Waals surface area (Å²) in [6, 6.07) is 4.85. The minimum atomic E-state index is -0.266. The molecule has 0 bridgehead atoms. The summed E-state index contributed by atoms with van der Waals surface area (Å²) >= 11 is 3.35. The van der Waals surface area contributed by atoms with E-state index in [1.54, 1.807) is 12.1 Å². The largest absolute Gasteiger partial charge is 0.299 e. The van der Waals surface area contributed by atoms with Crippen LogP contribution in [0.2, 0.25) is 0 Å². The van der Waals surface area contributed by atoms with Gasteiger partial charge in [0.05, 0.1) is 0 Å². The van der Waals surface area contributed by atoms with Crippen molar-refractivity contribution in [1.29, 1.82) is 0 Å². The number of carbonyl (C=O) groups excluding carboxylic acids is 1. The lowest BCUT2D eigenvalue weighted by molar-refractivity contribution is -0.124. The lowest BCUT2D eigenvalue weighted by atomic mass is 9.66. The first-order chi connectivity index (χ1) is 10.1. The summed E-state index contributed by atoms with van der Waals surface area (Å²) in [4.78, 5) is 12.5. The van der Waals surface area contributed by atoms with Gasteiger partial charge in [-0.1, -0.05) is 41.6 Å². The highest BCUT2D eigenvalue weighted by Gasteiger charge is 2.34. The second kappa shape index (κ2) is 6.60. The first kappa shape index (κ1) is 15.2. The molecule has 3 unspecified atom stereocenters. The predicted molar refractivity (Wildman–Crippen MR) is 85.6 cm³/mol. The smallest absolute Gasteiger partial charge is 0.140 e. The number of Topliss-reactive ketones (excluding diaryl/α,β-unsaturated/α-hetero) is 1. The van der Waals surface area contributed by atoms with E-state index in [1.807, 2.05) is 0 Å². The van der Waals surface area contributed by atoms with Crippen molar-refractivity contribution in [2.45, 2.75) is 51.4 Å². The Kier molecular flexibility index (Phi) is 4.78. The molecule has 0 saturated heterocycles. The van der Waals surface area contributed by atoms with Gasteiger partial charge in [0.1, 0.15) is 11.6 Å². The van der Waals surface area contributed by atoms with Gasteiger partial charge in [0.25, 0.3) is 0 Å². The lowest BCUT2D eigenvalue weighted by Crippen LogP contribution is -2.32. The molecule has 1 nitrogen and oxygen atoms in total. The van der Waals surface area contributed by atoms with Crippen LogP contribution in [0.25, 0.3) is 0 Å². The van der Waals surface area contributed by atoms with Crippen molar-refractivity contribution in [2.24, 2.45) is 17.8 Å². The summed E-state index contributed by atoms with van der Waals surface area (Å²) in [5.41, 5.74) is 0.528. The maximum atomic E-state index is 13.8. The van der Waals surface area contributed by atoms with Crippen LogP contribution in [0.3, 0.4) is 0 Å². The zero-order valence-corrected chi connectivity index (χ0v) is 13.9. The standard InChI is InChI=1S/C18H22BrFO/c19-16-7-8-17(20)15(10-16)11-18(21)14-6-5-12-3-1-2-4-13(12)9-14/h7-8,10,12-14H,1-6,9,11H2. The molecule has 0 radical (unpaired) electrons. The van der Waals surface area contributed by atoms with E-state index in [1.165, 1.54) is 38.2 Å². The van der Waals surface area contributed by atoms with Crippen molar-refractivity contribution in [2.75, 3.05) is 0 Å². The Morgan fingerprint density at radius 1 is 1.14 bits per heavy atom. The molecule has 0 spiro atoms. The quantitative estimate of drug-likeness (QED) is 0.720. The van der Waals surface area contributed by atoms with E-state index in [9.17, 15) is 9.18 Å². The van der Waals surface area contributed by atoms with Gasteiger partial charge in [0.15, 0.2) is 0 Å². The van der Waals surface area contributed by atoms with Crippen LogP contribution >= 0.6 is 15.9 Å². The van der Waals surface area contributed by atoms with Crippen LogP contribution in [0.15, 0.2) is 22.7 Å². The number of carbonyl (C=O) groups is 1. The van der Waals surface area contributed by atoms with Crippen molar-refractivity contribution in [1.82, 2.24) is 0 Å². The first-order valence-corrected chi connectivity index (χ1v) is 8.89. The van der Waals surface area contributed by atoms with E-state index in [-0.39, 0.29) is 23.9 Å². The number of fused-ring (bicyclic) bond motifs is 1. The molecule has 0 N–H and O–H groups in total. The highest BCUT2D eigenvalue weighted by Crippen LogP contribution is 2.43. The third kappa shape index (κ3) is 3.56. The number of ketones is 1. The number of hydrogen-bond donors (Lipinski definition) is 0. The minimum Gasteiger partial charge on any atom is -0.299 e. The Balaban J connectivity index is 1.64. The fourth-order valence-corrected chi connectivity index (χ4v) is 4.59. The van der Waals surface area contributed by atoms with Gasteiger partial charge >= 0.3 is 0 Å². The number of hydrogen-bond acceptors (Lipinski definition) is 1. The normalized spacial score (nSPS) is 29.0. The van der Waals surface area contributed by atoms with E-state index in [0.717, 1.165) is 29.2 Å². The molecule has 21 heavy (non-hydrogen) atoms. The van der Waals surface area contributed by atoms with Gasteiger partial charge in [0.2, 0.25) is 0 Å². The predicted octanol–water partition coefficient (Wildman–Crippen LogP) is 5.31. The van der Waals surface area contributed by atoms with Crippen LogP contribution in [0.1, 0.15) is 50.5 Å². The van der Waals surface area contributed by atoms with Gasteiger partial charge in [-0.3, -0.25) is 4.79 Å². The number of benzene rings is 1. The highest BCUT2D eigenvalue weighted by atomic mass is 79.9. The van der Waals surface area contributed by atoms with Crippen LogP contribution in [-0.4, -0.2) is 5.78 Å². The molecule has 114 valence electrons. The SMILES string of the molecule is O=C(Cc1cc(Br)ccc1F)C1CCC2CCCCC2C1. The molecule has 3 heteroatoms.